The third-order valence-corrected chi connectivity index (χ3v) is 3.95. The molecular formula is C18H25N3O2. The first-order valence-corrected chi connectivity index (χ1v) is 8.10. The first-order chi connectivity index (χ1) is 11.2. The van der Waals surface area contributed by atoms with E-state index in [-0.39, 0.29) is 12.6 Å². The van der Waals surface area contributed by atoms with Crippen molar-refractivity contribution >= 4 is 11.7 Å². The lowest BCUT2D eigenvalue weighted by molar-refractivity contribution is 0.218. The van der Waals surface area contributed by atoms with Crippen molar-refractivity contribution in [2.45, 2.75) is 19.3 Å². The standard InChI is InChI=1S/C18H25N3O2/c1-3-15-23-17-10-5-4-9-16(17)19-18(22)20(2)11-8-14-21-12-6-7-13-21/h1,4-5,9-10H,6-8,11-15H2,2H3,(H,19,22). The number of amides is 2. The number of hydrogen-bond acceptors (Lipinski definition) is 3. The molecule has 0 radical (unpaired) electrons. The predicted molar refractivity (Wildman–Crippen MR) is 92.7 cm³/mol. The average molecular weight is 315 g/mol. The normalized spacial score (nSPS) is 14.3. The summed E-state index contributed by atoms with van der Waals surface area (Å²) in [6.07, 6.45) is 8.79. The van der Waals surface area contributed by atoms with Crippen LogP contribution in [0.2, 0.25) is 0 Å². The molecule has 2 amide bonds. The number of ether oxygens (including phenoxy) is 1. The van der Waals surface area contributed by atoms with E-state index in [0.717, 1.165) is 19.5 Å². The van der Waals surface area contributed by atoms with Gasteiger partial charge in [-0.25, -0.2) is 4.79 Å². The van der Waals surface area contributed by atoms with Crippen molar-refractivity contribution in [3.05, 3.63) is 24.3 Å². The molecule has 0 spiro atoms. The molecule has 1 aliphatic heterocycles. The minimum absolute atomic E-state index is 0.136. The second-order valence-electron chi connectivity index (χ2n) is 5.74. The summed E-state index contributed by atoms with van der Waals surface area (Å²) in [6, 6.07) is 7.16. The number of nitrogens with zero attached hydrogens (tertiary/aromatic N) is 2. The maximum absolute atomic E-state index is 12.3. The zero-order valence-corrected chi connectivity index (χ0v) is 13.8. The van der Waals surface area contributed by atoms with Crippen LogP contribution in [0.15, 0.2) is 24.3 Å². The minimum atomic E-state index is -0.136. The van der Waals surface area contributed by atoms with Crippen molar-refractivity contribution in [2.75, 3.05) is 45.2 Å². The fraction of sp³-hybridized carbons (Fsp3) is 0.500. The average Bonchev–Trinajstić information content (AvgIpc) is 3.07. The number of carbonyl (C=O) groups is 1. The van der Waals surface area contributed by atoms with E-state index in [1.807, 2.05) is 25.2 Å². The molecule has 0 aliphatic carbocycles. The molecule has 1 aliphatic rings. The topological polar surface area (TPSA) is 44.8 Å². The van der Waals surface area contributed by atoms with E-state index in [2.05, 4.69) is 16.1 Å². The number of para-hydroxylation sites is 2. The maximum atomic E-state index is 12.3. The Bertz CT molecular complexity index is 547. The number of rotatable bonds is 7. The quantitative estimate of drug-likeness (QED) is 0.787. The second-order valence-corrected chi connectivity index (χ2v) is 5.74. The zero-order chi connectivity index (χ0) is 16.5. The maximum Gasteiger partial charge on any atom is 0.321 e. The van der Waals surface area contributed by atoms with Crippen LogP contribution in [0.5, 0.6) is 5.75 Å². The van der Waals surface area contributed by atoms with E-state index >= 15 is 0 Å². The molecule has 124 valence electrons. The van der Waals surface area contributed by atoms with Gasteiger partial charge in [-0.05, 0) is 51.0 Å². The lowest BCUT2D eigenvalue weighted by atomic mass is 10.3. The van der Waals surface area contributed by atoms with Gasteiger partial charge >= 0.3 is 6.03 Å². The number of terminal acetylenes is 1. The van der Waals surface area contributed by atoms with Crippen LogP contribution >= 0.6 is 0 Å². The largest absolute Gasteiger partial charge is 0.479 e. The summed E-state index contributed by atoms with van der Waals surface area (Å²) >= 11 is 0. The van der Waals surface area contributed by atoms with Gasteiger partial charge in [-0.2, -0.15) is 0 Å². The third kappa shape index (κ3) is 5.50. The molecule has 1 saturated heterocycles. The van der Waals surface area contributed by atoms with Crippen molar-refractivity contribution in [3.8, 4) is 18.1 Å². The number of benzene rings is 1. The number of hydrogen-bond donors (Lipinski definition) is 1. The molecule has 0 unspecified atom stereocenters. The summed E-state index contributed by atoms with van der Waals surface area (Å²) < 4.78 is 5.44. The fourth-order valence-corrected chi connectivity index (χ4v) is 2.67. The molecule has 5 heteroatoms. The molecule has 1 fully saturated rings. The van der Waals surface area contributed by atoms with Crippen LogP contribution in [0.3, 0.4) is 0 Å². The van der Waals surface area contributed by atoms with Gasteiger partial charge in [0.15, 0.2) is 0 Å². The van der Waals surface area contributed by atoms with Crippen molar-refractivity contribution in [2.24, 2.45) is 0 Å². The SMILES string of the molecule is C#CCOc1ccccc1NC(=O)N(C)CCCN1CCCC1. The highest BCUT2D eigenvalue weighted by Crippen LogP contribution is 2.23. The summed E-state index contributed by atoms with van der Waals surface area (Å²) in [5.74, 6) is 3.01. The Morgan fingerprint density at radius 1 is 1.39 bits per heavy atom. The van der Waals surface area contributed by atoms with Gasteiger partial charge in [0, 0.05) is 13.6 Å². The summed E-state index contributed by atoms with van der Waals surface area (Å²) in [5.41, 5.74) is 0.638. The van der Waals surface area contributed by atoms with Crippen molar-refractivity contribution in [1.29, 1.82) is 0 Å². The molecule has 1 heterocycles. The number of nitrogens with one attached hydrogen (secondary N) is 1. The van der Waals surface area contributed by atoms with E-state index in [1.165, 1.54) is 25.9 Å². The molecule has 1 aromatic carbocycles. The monoisotopic (exact) mass is 315 g/mol. The summed E-state index contributed by atoms with van der Waals surface area (Å²) in [5, 5.41) is 2.88. The number of likely N-dealkylation sites (tertiary alicyclic amines) is 1. The smallest absolute Gasteiger partial charge is 0.321 e. The molecule has 23 heavy (non-hydrogen) atoms. The van der Waals surface area contributed by atoms with Crippen LogP contribution < -0.4 is 10.1 Å². The van der Waals surface area contributed by atoms with E-state index in [1.54, 1.807) is 11.0 Å². The Hall–Kier alpha value is -2.19. The van der Waals surface area contributed by atoms with Crippen LogP contribution in [-0.4, -0.2) is 55.7 Å². The minimum Gasteiger partial charge on any atom is -0.479 e. The van der Waals surface area contributed by atoms with Gasteiger partial charge in [0.25, 0.3) is 0 Å². The molecule has 0 bridgehead atoms. The molecular weight excluding hydrogens is 290 g/mol. The Morgan fingerprint density at radius 2 is 2.13 bits per heavy atom. The highest BCUT2D eigenvalue weighted by molar-refractivity contribution is 5.90. The van der Waals surface area contributed by atoms with E-state index in [0.29, 0.717) is 11.4 Å². The number of urea groups is 1. The van der Waals surface area contributed by atoms with Crippen molar-refractivity contribution in [1.82, 2.24) is 9.80 Å². The predicted octanol–water partition coefficient (Wildman–Crippen LogP) is 2.65. The van der Waals surface area contributed by atoms with Crippen molar-refractivity contribution < 1.29 is 9.53 Å². The lowest BCUT2D eigenvalue weighted by Crippen LogP contribution is -2.34. The van der Waals surface area contributed by atoms with Gasteiger partial charge in [-0.15, -0.1) is 6.42 Å². The van der Waals surface area contributed by atoms with Gasteiger partial charge in [0.05, 0.1) is 5.69 Å². The summed E-state index contributed by atoms with van der Waals surface area (Å²) in [6.45, 7) is 4.35. The molecule has 1 aromatic rings. The van der Waals surface area contributed by atoms with E-state index in [9.17, 15) is 4.79 Å². The highest BCUT2D eigenvalue weighted by Gasteiger charge is 2.14. The zero-order valence-electron chi connectivity index (χ0n) is 13.8. The van der Waals surface area contributed by atoms with Gasteiger partial charge in [0.2, 0.25) is 0 Å². The molecule has 0 aromatic heterocycles. The third-order valence-electron chi connectivity index (χ3n) is 3.95. The van der Waals surface area contributed by atoms with Crippen LogP contribution in [-0.2, 0) is 0 Å². The van der Waals surface area contributed by atoms with Crippen LogP contribution in [0.1, 0.15) is 19.3 Å². The number of anilines is 1. The summed E-state index contributed by atoms with van der Waals surface area (Å²) in [7, 11) is 1.81. The molecule has 2 rings (SSSR count). The van der Waals surface area contributed by atoms with Crippen LogP contribution in [0, 0.1) is 12.3 Å². The molecule has 5 nitrogen and oxygen atoms in total. The van der Waals surface area contributed by atoms with Crippen LogP contribution in [0.25, 0.3) is 0 Å². The Labute approximate surface area is 138 Å². The lowest BCUT2D eigenvalue weighted by Gasteiger charge is -2.21. The second kappa shape index (κ2) is 9.06. The van der Waals surface area contributed by atoms with Gasteiger partial charge in [-0.3, -0.25) is 0 Å². The Balaban J connectivity index is 1.79. The highest BCUT2D eigenvalue weighted by atomic mass is 16.5. The van der Waals surface area contributed by atoms with E-state index < -0.39 is 0 Å². The summed E-state index contributed by atoms with van der Waals surface area (Å²) in [4.78, 5) is 16.4. The van der Waals surface area contributed by atoms with Crippen molar-refractivity contribution in [3.63, 3.8) is 0 Å². The van der Waals surface area contributed by atoms with Gasteiger partial charge < -0.3 is 19.9 Å². The first-order valence-electron chi connectivity index (χ1n) is 8.10. The molecule has 1 N–H and O–H groups in total. The fourth-order valence-electron chi connectivity index (χ4n) is 2.67. The van der Waals surface area contributed by atoms with Gasteiger partial charge in [-0.1, -0.05) is 18.1 Å². The Kier molecular flexibility index (Phi) is 6.76. The molecule has 0 atom stereocenters. The van der Waals surface area contributed by atoms with E-state index in [4.69, 9.17) is 11.2 Å². The molecule has 0 saturated carbocycles. The Morgan fingerprint density at radius 3 is 2.87 bits per heavy atom. The number of carbonyl (C=O) groups excluding carboxylic acids is 1. The first kappa shape index (κ1) is 17.2. The van der Waals surface area contributed by atoms with Crippen LogP contribution in [0.4, 0.5) is 10.5 Å². The van der Waals surface area contributed by atoms with Gasteiger partial charge in [0.1, 0.15) is 12.4 Å².